The van der Waals surface area contributed by atoms with Crippen LogP contribution in [0.4, 0.5) is 0 Å². The predicted octanol–water partition coefficient (Wildman–Crippen LogP) is 0.134. The third-order valence-electron chi connectivity index (χ3n) is 4.70. The van der Waals surface area contributed by atoms with E-state index in [-0.39, 0.29) is 24.3 Å². The van der Waals surface area contributed by atoms with E-state index in [1.54, 1.807) is 0 Å². The summed E-state index contributed by atoms with van der Waals surface area (Å²) in [7, 11) is 0. The Kier molecular flexibility index (Phi) is 4.66. The van der Waals surface area contributed by atoms with Gasteiger partial charge in [-0.25, -0.2) is 0 Å². The smallest absolute Gasteiger partial charge is 0.237 e. The molecule has 1 saturated heterocycles. The van der Waals surface area contributed by atoms with Crippen LogP contribution < -0.4 is 5.32 Å². The van der Waals surface area contributed by atoms with Crippen molar-refractivity contribution in [3.63, 3.8) is 0 Å². The lowest BCUT2D eigenvalue weighted by Gasteiger charge is -2.34. The quantitative estimate of drug-likeness (QED) is 0.860. The fraction of sp³-hybridized carbons (Fsp3) is 0.688. The Balaban J connectivity index is 1.69. The Bertz CT molecular complexity index is 597. The predicted molar refractivity (Wildman–Crippen MR) is 85.7 cm³/mol. The van der Waals surface area contributed by atoms with Crippen LogP contribution in [0.1, 0.15) is 31.2 Å². The monoisotopic (exact) mass is 319 g/mol. The second-order valence-electron chi connectivity index (χ2n) is 6.31. The highest BCUT2D eigenvalue weighted by Crippen LogP contribution is 2.16. The number of likely N-dealkylation sites (N-methyl/N-ethyl adjacent to an activating group) is 1. The van der Waals surface area contributed by atoms with Gasteiger partial charge in [-0.05, 0) is 26.0 Å². The summed E-state index contributed by atoms with van der Waals surface area (Å²) in [5.41, 5.74) is 2.06. The number of hydrogen-bond acceptors (Lipinski definition) is 4. The van der Waals surface area contributed by atoms with Gasteiger partial charge >= 0.3 is 0 Å². The lowest BCUT2D eigenvalue weighted by molar-refractivity contribution is -0.139. The van der Waals surface area contributed by atoms with Crippen LogP contribution in [0.2, 0.25) is 0 Å². The van der Waals surface area contributed by atoms with Gasteiger partial charge < -0.3 is 10.2 Å². The Morgan fingerprint density at radius 2 is 2.22 bits per heavy atom. The Morgan fingerprint density at radius 3 is 3.00 bits per heavy atom. The summed E-state index contributed by atoms with van der Waals surface area (Å²) in [5, 5.41) is 7.33. The first-order chi connectivity index (χ1) is 11.1. The molecule has 126 valence electrons. The number of rotatable bonds is 3. The molecule has 23 heavy (non-hydrogen) atoms. The fourth-order valence-corrected chi connectivity index (χ4v) is 3.48. The molecule has 0 aliphatic carbocycles. The zero-order chi connectivity index (χ0) is 16.4. The fourth-order valence-electron chi connectivity index (χ4n) is 3.48. The van der Waals surface area contributed by atoms with Crippen LogP contribution in [0.25, 0.3) is 0 Å². The average Bonchev–Trinajstić information content (AvgIpc) is 2.75. The van der Waals surface area contributed by atoms with E-state index in [2.05, 4.69) is 15.3 Å². The second-order valence-corrected chi connectivity index (χ2v) is 6.31. The number of piperazine rings is 1. The molecule has 1 N–H and O–H groups in total. The van der Waals surface area contributed by atoms with Gasteiger partial charge in [0.05, 0.1) is 30.4 Å². The first-order valence-electron chi connectivity index (χ1n) is 8.41. The van der Waals surface area contributed by atoms with Crippen LogP contribution in [-0.2, 0) is 22.7 Å². The molecule has 0 radical (unpaired) electrons. The Hall–Kier alpha value is -1.89. The third kappa shape index (κ3) is 3.39. The van der Waals surface area contributed by atoms with Gasteiger partial charge in [-0.15, -0.1) is 0 Å². The van der Waals surface area contributed by atoms with Crippen LogP contribution in [0.15, 0.2) is 6.07 Å². The summed E-state index contributed by atoms with van der Waals surface area (Å²) >= 11 is 0. The lowest BCUT2D eigenvalue weighted by Crippen LogP contribution is -2.56. The summed E-state index contributed by atoms with van der Waals surface area (Å²) in [6, 6.07) is 1.70. The summed E-state index contributed by atoms with van der Waals surface area (Å²) in [4.78, 5) is 28.8. The molecule has 2 aliphatic heterocycles. The molecule has 0 aromatic carbocycles. The van der Waals surface area contributed by atoms with Crippen molar-refractivity contribution in [2.24, 2.45) is 0 Å². The largest absolute Gasteiger partial charge is 0.353 e. The van der Waals surface area contributed by atoms with E-state index >= 15 is 0 Å². The van der Waals surface area contributed by atoms with Gasteiger partial charge in [0.1, 0.15) is 0 Å². The highest BCUT2D eigenvalue weighted by Gasteiger charge is 2.32. The van der Waals surface area contributed by atoms with Crippen LogP contribution in [0.3, 0.4) is 0 Å². The maximum absolute atomic E-state index is 12.7. The van der Waals surface area contributed by atoms with Crippen molar-refractivity contribution in [3.8, 4) is 0 Å². The van der Waals surface area contributed by atoms with Crippen molar-refractivity contribution in [2.45, 2.75) is 45.8 Å². The molecular weight excluding hydrogens is 294 g/mol. The molecule has 2 amide bonds. The minimum absolute atomic E-state index is 0.0258. The van der Waals surface area contributed by atoms with Crippen molar-refractivity contribution in [2.75, 3.05) is 26.2 Å². The zero-order valence-corrected chi connectivity index (χ0v) is 13.9. The van der Waals surface area contributed by atoms with Crippen LogP contribution in [0.5, 0.6) is 0 Å². The molecule has 0 bridgehead atoms. The van der Waals surface area contributed by atoms with E-state index in [0.717, 1.165) is 44.0 Å². The van der Waals surface area contributed by atoms with Gasteiger partial charge in [0.15, 0.2) is 0 Å². The molecule has 1 fully saturated rings. The van der Waals surface area contributed by atoms with Gasteiger partial charge in [0, 0.05) is 26.2 Å². The zero-order valence-electron chi connectivity index (χ0n) is 13.9. The van der Waals surface area contributed by atoms with E-state index in [4.69, 9.17) is 0 Å². The maximum atomic E-state index is 12.7. The molecule has 1 aromatic rings. The minimum Gasteiger partial charge on any atom is -0.353 e. The van der Waals surface area contributed by atoms with Crippen molar-refractivity contribution in [1.29, 1.82) is 0 Å². The van der Waals surface area contributed by atoms with Gasteiger partial charge in [0.2, 0.25) is 11.8 Å². The van der Waals surface area contributed by atoms with E-state index in [0.29, 0.717) is 13.1 Å². The molecule has 0 unspecified atom stereocenters. The Morgan fingerprint density at radius 1 is 1.39 bits per heavy atom. The van der Waals surface area contributed by atoms with Crippen LogP contribution in [0, 0.1) is 6.92 Å². The number of nitrogens with zero attached hydrogens (tertiary/aromatic N) is 4. The van der Waals surface area contributed by atoms with Crippen molar-refractivity contribution >= 4 is 11.8 Å². The molecular formula is C16H25N5O2. The van der Waals surface area contributed by atoms with E-state index < -0.39 is 0 Å². The van der Waals surface area contributed by atoms with Crippen LogP contribution >= 0.6 is 0 Å². The molecule has 0 spiro atoms. The molecule has 3 rings (SSSR count). The van der Waals surface area contributed by atoms with Crippen molar-refractivity contribution < 1.29 is 9.59 Å². The van der Waals surface area contributed by atoms with Crippen molar-refractivity contribution in [3.05, 3.63) is 17.5 Å². The summed E-state index contributed by atoms with van der Waals surface area (Å²) < 4.78 is 1.99. The second kappa shape index (κ2) is 6.70. The average molecular weight is 319 g/mol. The normalized spacial score (nSPS) is 22.4. The number of nitrogens with one attached hydrogen (secondary N) is 1. The summed E-state index contributed by atoms with van der Waals surface area (Å²) in [5.74, 6) is 0.0277. The molecule has 2 aliphatic rings. The van der Waals surface area contributed by atoms with Crippen LogP contribution in [-0.4, -0.2) is 63.6 Å². The third-order valence-corrected chi connectivity index (χ3v) is 4.70. The standard InChI is InChI=1S/C16H25N5O2/c1-3-19-8-5-17-16(23)14(19)10-15(22)20-6-4-7-21-13(11-20)9-12(2)18-21/h9,14H,3-8,10-11H2,1-2H3,(H,17,23)/t14-/m0/s1. The number of carbonyl (C=O) groups is 2. The highest BCUT2D eigenvalue weighted by molar-refractivity contribution is 5.88. The number of carbonyl (C=O) groups excluding carboxylic acids is 2. The summed E-state index contributed by atoms with van der Waals surface area (Å²) in [6.07, 6.45) is 1.15. The SMILES string of the molecule is CCN1CCNC(=O)[C@@H]1CC(=O)N1CCCn2nc(C)cc2C1. The number of aromatic nitrogens is 2. The lowest BCUT2D eigenvalue weighted by atomic mass is 10.1. The molecule has 0 saturated carbocycles. The first-order valence-corrected chi connectivity index (χ1v) is 8.41. The molecule has 1 atom stereocenters. The number of aryl methyl sites for hydroxylation is 2. The molecule has 1 aromatic heterocycles. The number of fused-ring (bicyclic) bond motifs is 1. The van der Waals surface area contributed by atoms with Gasteiger partial charge in [-0.3, -0.25) is 19.2 Å². The number of amides is 2. The van der Waals surface area contributed by atoms with E-state index in [9.17, 15) is 9.59 Å². The first kappa shape index (κ1) is 16.0. The molecule has 7 nitrogen and oxygen atoms in total. The maximum Gasteiger partial charge on any atom is 0.237 e. The highest BCUT2D eigenvalue weighted by atomic mass is 16.2. The van der Waals surface area contributed by atoms with Gasteiger partial charge in [-0.1, -0.05) is 6.92 Å². The Labute approximate surface area is 136 Å². The van der Waals surface area contributed by atoms with E-state index in [1.165, 1.54) is 0 Å². The van der Waals surface area contributed by atoms with Crippen molar-refractivity contribution in [1.82, 2.24) is 24.9 Å². The van der Waals surface area contributed by atoms with Gasteiger partial charge in [0.25, 0.3) is 0 Å². The summed E-state index contributed by atoms with van der Waals surface area (Å²) in [6.45, 7) is 8.42. The van der Waals surface area contributed by atoms with Gasteiger partial charge in [-0.2, -0.15) is 5.10 Å². The topological polar surface area (TPSA) is 70.5 Å². The van der Waals surface area contributed by atoms with E-state index in [1.807, 2.05) is 29.5 Å². The molecule has 7 heteroatoms. The molecule has 3 heterocycles. The minimum atomic E-state index is -0.337. The number of hydrogen-bond donors (Lipinski definition) is 1.